The van der Waals surface area contributed by atoms with Crippen LogP contribution in [0.15, 0.2) is 56.6 Å². The predicted octanol–water partition coefficient (Wildman–Crippen LogP) is 3.02. The highest BCUT2D eigenvalue weighted by Gasteiger charge is 2.33. The summed E-state index contributed by atoms with van der Waals surface area (Å²) in [6.45, 7) is 3.04. The fourth-order valence-corrected chi connectivity index (χ4v) is 5.87. The maximum atomic E-state index is 13.1. The third kappa shape index (κ3) is 4.76. The minimum Gasteiger partial charge on any atom is -0.486 e. The zero-order valence-electron chi connectivity index (χ0n) is 19.2. The number of hydrogen-bond acceptors (Lipinski definition) is 8. The molecule has 9 nitrogen and oxygen atoms in total. The Bertz CT molecular complexity index is 1440. The van der Waals surface area contributed by atoms with Crippen molar-refractivity contribution in [1.29, 1.82) is 0 Å². The number of esters is 1. The van der Waals surface area contributed by atoms with E-state index in [1.165, 1.54) is 22.5 Å². The number of sulfonamides is 1. The number of aryl methyl sites for hydroxylation is 1. The van der Waals surface area contributed by atoms with Gasteiger partial charge >= 0.3 is 11.6 Å². The van der Waals surface area contributed by atoms with Crippen LogP contribution >= 0.6 is 0 Å². The SMILES string of the molecule is Cc1ccc2c(COC(=O)C3CCN(S(=O)(=O)c4ccc5c(c4)OCCO5)CC3)cc(=O)oc2c1. The molecule has 0 amide bonds. The van der Waals surface area contributed by atoms with Gasteiger partial charge in [-0.15, -0.1) is 0 Å². The topological polar surface area (TPSA) is 112 Å². The zero-order chi connectivity index (χ0) is 24.6. The van der Waals surface area contributed by atoms with Crippen LogP contribution in [0.3, 0.4) is 0 Å². The summed E-state index contributed by atoms with van der Waals surface area (Å²) in [7, 11) is -3.73. The Kier molecular flexibility index (Phi) is 6.24. The van der Waals surface area contributed by atoms with E-state index in [4.69, 9.17) is 18.6 Å². The van der Waals surface area contributed by atoms with E-state index in [0.717, 1.165) is 5.56 Å². The maximum Gasteiger partial charge on any atom is 0.336 e. The minimum absolute atomic E-state index is 0.0558. The van der Waals surface area contributed by atoms with Gasteiger partial charge in [-0.1, -0.05) is 12.1 Å². The Hall–Kier alpha value is -3.37. The van der Waals surface area contributed by atoms with Crippen LogP contribution in [0.1, 0.15) is 24.0 Å². The van der Waals surface area contributed by atoms with Gasteiger partial charge in [-0.3, -0.25) is 4.79 Å². The van der Waals surface area contributed by atoms with E-state index in [2.05, 4.69) is 0 Å². The van der Waals surface area contributed by atoms with Crippen LogP contribution in [0.2, 0.25) is 0 Å². The third-order valence-corrected chi connectivity index (χ3v) is 8.19. The number of ether oxygens (including phenoxy) is 3. The molecule has 0 atom stereocenters. The summed E-state index contributed by atoms with van der Waals surface area (Å²) in [5, 5.41) is 0.711. The Morgan fingerprint density at radius 2 is 1.77 bits per heavy atom. The average Bonchev–Trinajstić information content (AvgIpc) is 2.86. The number of carbonyl (C=O) groups is 1. The molecule has 3 heterocycles. The lowest BCUT2D eigenvalue weighted by molar-refractivity contribution is -0.151. The van der Waals surface area contributed by atoms with Gasteiger partial charge in [-0.25, -0.2) is 13.2 Å². The number of carbonyl (C=O) groups excluding carboxylic acids is 1. The van der Waals surface area contributed by atoms with Crippen molar-refractivity contribution in [2.75, 3.05) is 26.3 Å². The van der Waals surface area contributed by atoms with Crippen molar-refractivity contribution in [2.24, 2.45) is 5.92 Å². The predicted molar refractivity (Wildman–Crippen MR) is 126 cm³/mol. The molecule has 10 heteroatoms. The van der Waals surface area contributed by atoms with Crippen LogP contribution in [0.4, 0.5) is 0 Å². The summed E-state index contributed by atoms with van der Waals surface area (Å²) in [6, 6.07) is 11.4. The van der Waals surface area contributed by atoms with Gasteiger partial charge in [0.15, 0.2) is 11.5 Å². The molecular formula is C25H25NO8S. The Morgan fingerprint density at radius 3 is 2.54 bits per heavy atom. The second kappa shape index (κ2) is 9.35. The van der Waals surface area contributed by atoms with Crippen molar-refractivity contribution in [3.05, 3.63) is 64.0 Å². The molecule has 0 unspecified atom stereocenters. The molecule has 0 N–H and O–H groups in total. The summed E-state index contributed by atoms with van der Waals surface area (Å²) < 4.78 is 49.3. The highest BCUT2D eigenvalue weighted by Crippen LogP contribution is 2.34. The summed E-state index contributed by atoms with van der Waals surface area (Å²) in [5.41, 5.74) is 1.46. The smallest absolute Gasteiger partial charge is 0.336 e. The normalized spacial score (nSPS) is 16.8. The first-order valence-corrected chi connectivity index (χ1v) is 12.8. The lowest BCUT2D eigenvalue weighted by Gasteiger charge is -2.30. The van der Waals surface area contributed by atoms with Crippen molar-refractivity contribution in [3.8, 4) is 11.5 Å². The molecule has 0 radical (unpaired) electrons. The van der Waals surface area contributed by atoms with E-state index in [1.54, 1.807) is 12.1 Å². The first-order chi connectivity index (χ1) is 16.8. The van der Waals surface area contributed by atoms with Crippen molar-refractivity contribution >= 4 is 27.0 Å². The highest BCUT2D eigenvalue weighted by molar-refractivity contribution is 7.89. The van der Waals surface area contributed by atoms with Crippen LogP contribution in [-0.2, 0) is 26.2 Å². The summed E-state index contributed by atoms with van der Waals surface area (Å²) in [6.07, 6.45) is 0.693. The molecule has 2 aliphatic rings. The lowest BCUT2D eigenvalue weighted by Crippen LogP contribution is -2.40. The molecule has 0 spiro atoms. The van der Waals surface area contributed by atoms with Crippen molar-refractivity contribution in [2.45, 2.75) is 31.3 Å². The maximum absolute atomic E-state index is 13.1. The van der Waals surface area contributed by atoms with Gasteiger partial charge < -0.3 is 18.6 Å². The summed E-state index contributed by atoms with van der Waals surface area (Å²) in [5.74, 6) is 0.106. The second-order valence-electron chi connectivity index (χ2n) is 8.68. The molecule has 2 aliphatic heterocycles. The van der Waals surface area contributed by atoms with Crippen LogP contribution in [0, 0.1) is 12.8 Å². The fourth-order valence-electron chi connectivity index (χ4n) is 4.39. The van der Waals surface area contributed by atoms with Gasteiger partial charge in [0.05, 0.1) is 10.8 Å². The van der Waals surface area contributed by atoms with E-state index in [1.807, 2.05) is 19.1 Å². The van der Waals surface area contributed by atoms with Gasteiger partial charge in [0.25, 0.3) is 0 Å². The molecule has 0 bridgehead atoms. The quantitative estimate of drug-likeness (QED) is 0.389. The molecule has 5 rings (SSSR count). The van der Waals surface area contributed by atoms with Crippen LogP contribution in [0.25, 0.3) is 11.0 Å². The van der Waals surface area contributed by atoms with Gasteiger partial charge in [-0.05, 0) is 43.5 Å². The molecule has 1 fully saturated rings. The van der Waals surface area contributed by atoms with Crippen molar-refractivity contribution < 1.29 is 31.8 Å². The number of nitrogens with zero attached hydrogens (tertiary/aromatic N) is 1. The van der Waals surface area contributed by atoms with E-state index in [0.29, 0.717) is 54.1 Å². The lowest BCUT2D eigenvalue weighted by atomic mass is 9.98. The van der Waals surface area contributed by atoms with E-state index in [-0.39, 0.29) is 24.6 Å². The monoisotopic (exact) mass is 499 g/mol. The number of hydrogen-bond donors (Lipinski definition) is 0. The molecular weight excluding hydrogens is 474 g/mol. The number of benzene rings is 2. The summed E-state index contributed by atoms with van der Waals surface area (Å²) in [4.78, 5) is 24.7. The minimum atomic E-state index is -3.73. The van der Waals surface area contributed by atoms with Crippen molar-refractivity contribution in [1.82, 2.24) is 4.31 Å². The third-order valence-electron chi connectivity index (χ3n) is 6.29. The number of fused-ring (bicyclic) bond motifs is 2. The second-order valence-corrected chi connectivity index (χ2v) is 10.6. The largest absolute Gasteiger partial charge is 0.486 e. The molecule has 184 valence electrons. The molecule has 0 aliphatic carbocycles. The molecule has 3 aromatic rings. The standard InChI is InChI=1S/C25H25NO8S/c1-16-2-4-20-18(13-24(27)34-22(20)12-16)15-33-25(28)17-6-8-26(9-7-17)35(29,30)19-3-5-21-23(14-19)32-11-10-31-21/h2-5,12-14,17H,6-11,15H2,1H3. The Morgan fingerprint density at radius 1 is 1.03 bits per heavy atom. The first-order valence-electron chi connectivity index (χ1n) is 11.4. The van der Waals surface area contributed by atoms with Gasteiger partial charge in [-0.2, -0.15) is 4.31 Å². The van der Waals surface area contributed by atoms with Crippen LogP contribution in [0.5, 0.6) is 11.5 Å². The van der Waals surface area contributed by atoms with Crippen molar-refractivity contribution in [3.63, 3.8) is 0 Å². The Labute approximate surface area is 202 Å². The van der Waals surface area contributed by atoms with E-state index in [9.17, 15) is 18.0 Å². The number of rotatable bonds is 5. The summed E-state index contributed by atoms with van der Waals surface area (Å²) >= 11 is 0. The van der Waals surface area contributed by atoms with E-state index < -0.39 is 27.5 Å². The highest BCUT2D eigenvalue weighted by atomic mass is 32.2. The van der Waals surface area contributed by atoms with E-state index >= 15 is 0 Å². The molecule has 35 heavy (non-hydrogen) atoms. The molecule has 0 saturated carbocycles. The average molecular weight is 500 g/mol. The van der Waals surface area contributed by atoms with Gasteiger partial charge in [0.1, 0.15) is 25.4 Å². The fraction of sp³-hybridized carbons (Fsp3) is 0.360. The molecule has 2 aromatic carbocycles. The first kappa shape index (κ1) is 23.4. The van der Waals surface area contributed by atoms with Gasteiger partial charge in [0.2, 0.25) is 10.0 Å². The van der Waals surface area contributed by atoms with Crippen LogP contribution < -0.4 is 15.1 Å². The van der Waals surface area contributed by atoms with Crippen LogP contribution in [-0.4, -0.2) is 45.0 Å². The molecule has 1 saturated heterocycles. The number of piperidine rings is 1. The zero-order valence-corrected chi connectivity index (χ0v) is 20.0. The van der Waals surface area contributed by atoms with Gasteiger partial charge in [0, 0.05) is 36.2 Å². The Balaban J connectivity index is 1.22. The molecule has 1 aromatic heterocycles.